The van der Waals surface area contributed by atoms with Gasteiger partial charge in [-0.15, -0.1) is 0 Å². The first-order chi connectivity index (χ1) is 10.5. The van der Waals surface area contributed by atoms with Crippen LogP contribution < -0.4 is 4.90 Å². The van der Waals surface area contributed by atoms with Gasteiger partial charge in [0.2, 0.25) is 11.8 Å². The van der Waals surface area contributed by atoms with Gasteiger partial charge in [0, 0.05) is 29.1 Å². The molecule has 1 saturated carbocycles. The van der Waals surface area contributed by atoms with Gasteiger partial charge in [0.15, 0.2) is 0 Å². The van der Waals surface area contributed by atoms with Crippen LogP contribution in [0.25, 0.3) is 0 Å². The smallest absolute Gasteiger partial charge is 0.239 e. The van der Waals surface area contributed by atoms with E-state index in [-0.39, 0.29) is 35.5 Å². The molecule has 0 N–H and O–H groups in total. The Kier molecular flexibility index (Phi) is 2.82. The molecule has 0 radical (unpaired) electrons. The fourth-order valence-corrected chi connectivity index (χ4v) is 4.33. The van der Waals surface area contributed by atoms with Crippen LogP contribution in [0.2, 0.25) is 5.02 Å². The van der Waals surface area contributed by atoms with E-state index in [0.717, 1.165) is 0 Å². The molecule has 0 unspecified atom stereocenters. The van der Waals surface area contributed by atoms with Crippen molar-refractivity contribution < 1.29 is 9.59 Å². The zero-order valence-electron chi connectivity index (χ0n) is 12.3. The number of amides is 2. The van der Waals surface area contributed by atoms with Gasteiger partial charge >= 0.3 is 0 Å². The van der Waals surface area contributed by atoms with Crippen molar-refractivity contribution in [2.45, 2.75) is 13.8 Å². The first kappa shape index (κ1) is 13.7. The van der Waals surface area contributed by atoms with E-state index in [1.807, 2.05) is 0 Å². The molecule has 22 heavy (non-hydrogen) atoms. The monoisotopic (exact) mass is 314 g/mol. The van der Waals surface area contributed by atoms with Crippen LogP contribution in [-0.4, -0.2) is 16.8 Å². The van der Waals surface area contributed by atoms with E-state index >= 15 is 0 Å². The van der Waals surface area contributed by atoms with Gasteiger partial charge in [0.1, 0.15) is 5.82 Å². The lowest BCUT2D eigenvalue weighted by Gasteiger charge is -2.18. The van der Waals surface area contributed by atoms with Gasteiger partial charge in [-0.05, 0) is 19.9 Å². The van der Waals surface area contributed by atoms with Crippen LogP contribution in [-0.2, 0) is 9.59 Å². The van der Waals surface area contributed by atoms with E-state index in [0.29, 0.717) is 10.8 Å². The minimum atomic E-state index is -0.284. The zero-order valence-corrected chi connectivity index (χ0v) is 13.0. The Hall–Kier alpha value is -1.94. The molecule has 0 aromatic carbocycles. The third kappa shape index (κ3) is 1.61. The Balaban J connectivity index is 1.78. The van der Waals surface area contributed by atoms with Gasteiger partial charge in [0.25, 0.3) is 0 Å². The lowest BCUT2D eigenvalue weighted by Crippen LogP contribution is -2.33. The largest absolute Gasteiger partial charge is 0.274 e. The molecule has 4 atom stereocenters. The summed E-state index contributed by atoms with van der Waals surface area (Å²) in [5.74, 6) is -0.432. The quantitative estimate of drug-likeness (QED) is 0.591. The normalized spacial score (nSPS) is 32.1. The number of aromatic nitrogens is 1. The first-order valence-electron chi connectivity index (χ1n) is 7.35. The summed E-state index contributed by atoms with van der Waals surface area (Å²) in [5.41, 5.74) is 2.46. The third-order valence-corrected chi connectivity index (χ3v) is 5.16. The summed E-state index contributed by atoms with van der Waals surface area (Å²) in [4.78, 5) is 31.0. The Morgan fingerprint density at radius 1 is 1.14 bits per heavy atom. The molecule has 2 bridgehead atoms. The second kappa shape index (κ2) is 4.53. The van der Waals surface area contributed by atoms with E-state index in [1.165, 1.54) is 22.2 Å². The highest BCUT2D eigenvalue weighted by molar-refractivity contribution is 6.31. The average molecular weight is 315 g/mol. The predicted octanol–water partition coefficient (Wildman–Crippen LogP) is 2.99. The lowest BCUT2D eigenvalue weighted by molar-refractivity contribution is -0.123. The lowest BCUT2D eigenvalue weighted by atomic mass is 9.85. The first-order valence-corrected chi connectivity index (χ1v) is 7.73. The molecule has 1 aromatic heterocycles. The van der Waals surface area contributed by atoms with Crippen molar-refractivity contribution in [1.82, 2.24) is 4.98 Å². The second-order valence-corrected chi connectivity index (χ2v) is 6.72. The van der Waals surface area contributed by atoms with Gasteiger partial charge in [0.05, 0.1) is 11.8 Å². The third-order valence-electron chi connectivity index (χ3n) is 4.93. The number of rotatable bonds is 1. The van der Waals surface area contributed by atoms with Crippen molar-refractivity contribution in [2.75, 3.05) is 4.90 Å². The summed E-state index contributed by atoms with van der Waals surface area (Å²) in [6, 6.07) is 3.19. The van der Waals surface area contributed by atoms with E-state index < -0.39 is 0 Å². The highest BCUT2D eigenvalue weighted by Gasteiger charge is 2.62. The molecule has 1 saturated heterocycles. The number of carbonyl (C=O) groups excluding carboxylic acids is 2. The Morgan fingerprint density at radius 2 is 1.73 bits per heavy atom. The van der Waals surface area contributed by atoms with Crippen LogP contribution in [0.3, 0.4) is 0 Å². The number of allylic oxidation sites excluding steroid dienone is 4. The second-order valence-electron chi connectivity index (χ2n) is 6.29. The van der Waals surface area contributed by atoms with Crippen LogP contribution >= 0.6 is 11.6 Å². The molecule has 0 spiro atoms. The molecule has 1 aromatic rings. The highest BCUT2D eigenvalue weighted by Crippen LogP contribution is 2.57. The van der Waals surface area contributed by atoms with Crippen molar-refractivity contribution in [3.05, 3.63) is 46.7 Å². The molecule has 2 heterocycles. The summed E-state index contributed by atoms with van der Waals surface area (Å²) < 4.78 is 0. The van der Waals surface area contributed by atoms with Crippen molar-refractivity contribution in [2.24, 2.45) is 23.7 Å². The van der Waals surface area contributed by atoms with Crippen LogP contribution in [0.5, 0.6) is 0 Å². The molecule has 3 aliphatic rings. The number of fused-ring (bicyclic) bond motifs is 5. The summed E-state index contributed by atoms with van der Waals surface area (Å²) in [6.07, 6.45) is 5.67. The molecule has 4 rings (SSSR count). The van der Waals surface area contributed by atoms with Crippen LogP contribution in [0.4, 0.5) is 5.82 Å². The summed E-state index contributed by atoms with van der Waals surface area (Å²) in [6.45, 7) is 4.10. The van der Waals surface area contributed by atoms with Crippen molar-refractivity contribution >= 4 is 29.2 Å². The van der Waals surface area contributed by atoms with Crippen LogP contribution in [0.15, 0.2) is 41.6 Å². The fourth-order valence-electron chi connectivity index (χ4n) is 4.17. The maximum Gasteiger partial charge on any atom is 0.239 e. The minimum absolute atomic E-state index is 0.0561. The SMILES string of the molecule is CC(C)=C1[C@@H]2C=C[C@@H]1[C@H]1C(=O)N(c3cc(Cl)ccn3)C(=O)[C@@H]12. The number of hydrogen-bond acceptors (Lipinski definition) is 3. The molecular weight excluding hydrogens is 300 g/mol. The number of anilines is 1. The molecular formula is C17H15ClN2O2. The zero-order chi connectivity index (χ0) is 15.6. The highest BCUT2D eigenvalue weighted by atomic mass is 35.5. The maximum atomic E-state index is 12.8. The average Bonchev–Trinajstić information content (AvgIpc) is 3.09. The van der Waals surface area contributed by atoms with E-state index in [2.05, 4.69) is 31.0 Å². The number of imide groups is 1. The van der Waals surface area contributed by atoms with Crippen molar-refractivity contribution in [1.29, 1.82) is 0 Å². The number of pyridine rings is 1. The molecule has 4 nitrogen and oxygen atoms in total. The number of hydrogen-bond donors (Lipinski definition) is 0. The van der Waals surface area contributed by atoms with E-state index in [9.17, 15) is 9.59 Å². The number of carbonyl (C=O) groups is 2. The van der Waals surface area contributed by atoms with E-state index in [4.69, 9.17) is 11.6 Å². The summed E-state index contributed by atoms with van der Waals surface area (Å²) in [5, 5.41) is 0.466. The molecule has 2 fully saturated rings. The molecule has 2 aliphatic carbocycles. The summed E-state index contributed by atoms with van der Waals surface area (Å²) >= 11 is 5.96. The maximum absolute atomic E-state index is 12.8. The van der Waals surface area contributed by atoms with Gasteiger partial charge in [-0.25, -0.2) is 9.88 Å². The van der Waals surface area contributed by atoms with Gasteiger partial charge in [-0.1, -0.05) is 34.9 Å². The Labute approximate surface area is 133 Å². The van der Waals surface area contributed by atoms with Crippen LogP contribution in [0, 0.1) is 23.7 Å². The molecule has 112 valence electrons. The molecule has 2 amide bonds. The van der Waals surface area contributed by atoms with E-state index in [1.54, 1.807) is 12.1 Å². The van der Waals surface area contributed by atoms with Gasteiger partial charge < -0.3 is 0 Å². The minimum Gasteiger partial charge on any atom is -0.274 e. The molecule has 1 aliphatic heterocycles. The summed E-state index contributed by atoms with van der Waals surface area (Å²) in [7, 11) is 0. The Bertz CT molecular complexity index is 730. The topological polar surface area (TPSA) is 50.3 Å². The fraction of sp³-hybridized carbons (Fsp3) is 0.353. The van der Waals surface area contributed by atoms with Gasteiger partial charge in [-0.3, -0.25) is 9.59 Å². The molecule has 5 heteroatoms. The van der Waals surface area contributed by atoms with Crippen molar-refractivity contribution in [3.8, 4) is 0 Å². The number of nitrogens with zero attached hydrogens (tertiary/aromatic N) is 2. The standard InChI is InChI=1S/C17H15ClN2O2/c1-8(2)13-10-3-4-11(13)15-14(10)16(21)20(17(15)22)12-7-9(18)5-6-19-12/h3-7,10-11,14-15H,1-2H3/t10-,11-,14+,15+/m0/s1. The van der Waals surface area contributed by atoms with Crippen molar-refractivity contribution in [3.63, 3.8) is 0 Å². The predicted molar refractivity (Wildman–Crippen MR) is 83.2 cm³/mol. The van der Waals surface area contributed by atoms with Crippen LogP contribution in [0.1, 0.15) is 13.8 Å². The Morgan fingerprint density at radius 3 is 2.23 bits per heavy atom. The number of halogens is 1. The van der Waals surface area contributed by atoms with Gasteiger partial charge in [-0.2, -0.15) is 0 Å².